The lowest BCUT2D eigenvalue weighted by Crippen LogP contribution is -2.68. The molecule has 1 aromatic rings. The fraction of sp³-hybridized carbons (Fsp3) is 0.567. The lowest BCUT2D eigenvalue weighted by Gasteiger charge is -2.53. The first-order chi connectivity index (χ1) is 18.9. The van der Waals surface area contributed by atoms with Crippen LogP contribution in [0, 0.1) is 11.8 Å². The molecular formula is C30H41N3O8. The number of rotatable bonds is 7. The molecular weight excluding hydrogens is 530 g/mol. The maximum atomic E-state index is 14.1. The van der Waals surface area contributed by atoms with Crippen LogP contribution in [0.3, 0.4) is 0 Å². The summed E-state index contributed by atoms with van der Waals surface area (Å²) in [5.41, 5.74) is 1.52. The predicted octanol–water partition coefficient (Wildman–Crippen LogP) is 1.27. The smallest absolute Gasteiger partial charge is 0.255 e. The Hall–Kier alpha value is -3.25. The number of hydrogen-bond acceptors (Lipinski definition) is 10. The van der Waals surface area contributed by atoms with Crippen molar-refractivity contribution in [2.75, 3.05) is 34.7 Å². The van der Waals surface area contributed by atoms with E-state index in [1.165, 1.54) is 19.0 Å². The van der Waals surface area contributed by atoms with Crippen molar-refractivity contribution in [1.29, 1.82) is 0 Å². The van der Waals surface area contributed by atoms with Gasteiger partial charge in [-0.1, -0.05) is 32.9 Å². The zero-order valence-electron chi connectivity index (χ0n) is 24.6. The number of benzene rings is 1. The molecule has 7 N–H and O–H groups in total. The molecule has 0 aliphatic heterocycles. The molecule has 0 unspecified atom stereocenters. The molecule has 0 saturated carbocycles. The SMILES string of the molecule is C[C@H]1c2ccc(C(C)(C)CCCN(C)C)c(O)c2C(=O)C2=C(O)[C@@]3(O)C(=O)C(C(N)=O)=C(O)[C@@H](N(C)C)[C@@H]3[C@@H](O)[C@@H]21. The lowest BCUT2D eigenvalue weighted by atomic mass is 9.55. The van der Waals surface area contributed by atoms with Crippen molar-refractivity contribution >= 4 is 17.5 Å². The Labute approximate surface area is 239 Å². The minimum atomic E-state index is -2.93. The highest BCUT2D eigenvalue weighted by molar-refractivity contribution is 6.25. The lowest BCUT2D eigenvalue weighted by molar-refractivity contribution is -0.162. The first-order valence-electron chi connectivity index (χ1n) is 13.7. The molecule has 1 amide bonds. The Bertz CT molecular complexity index is 1380. The van der Waals surface area contributed by atoms with E-state index in [1.807, 2.05) is 27.9 Å². The molecule has 0 fully saturated rings. The van der Waals surface area contributed by atoms with E-state index < -0.39 is 81.1 Å². The number of likely N-dealkylation sites (N-methyl/N-ethyl adjacent to an activating group) is 1. The summed E-state index contributed by atoms with van der Waals surface area (Å²) in [6.45, 7) is 6.48. The summed E-state index contributed by atoms with van der Waals surface area (Å²) in [6.07, 6.45) is -0.0626. The highest BCUT2D eigenvalue weighted by atomic mass is 16.4. The zero-order valence-corrected chi connectivity index (χ0v) is 24.6. The molecule has 41 heavy (non-hydrogen) atoms. The van der Waals surface area contributed by atoms with Crippen LogP contribution in [0.2, 0.25) is 0 Å². The summed E-state index contributed by atoms with van der Waals surface area (Å²) in [5.74, 6) is -8.83. The van der Waals surface area contributed by atoms with Gasteiger partial charge in [-0.15, -0.1) is 0 Å². The molecule has 11 heteroatoms. The summed E-state index contributed by atoms with van der Waals surface area (Å²) < 4.78 is 0. The third-order valence-corrected chi connectivity index (χ3v) is 9.27. The minimum absolute atomic E-state index is 0.0660. The van der Waals surface area contributed by atoms with E-state index in [4.69, 9.17) is 5.73 Å². The van der Waals surface area contributed by atoms with E-state index in [0.717, 1.165) is 13.0 Å². The number of phenols is 1. The molecule has 6 atom stereocenters. The van der Waals surface area contributed by atoms with Crippen molar-refractivity contribution in [3.8, 4) is 5.75 Å². The second-order valence-electron chi connectivity index (χ2n) is 12.8. The molecule has 0 saturated heterocycles. The number of hydrogen-bond donors (Lipinski definition) is 6. The highest BCUT2D eigenvalue weighted by Gasteiger charge is 2.67. The van der Waals surface area contributed by atoms with Gasteiger partial charge in [0.25, 0.3) is 5.91 Å². The molecule has 1 aromatic carbocycles. The van der Waals surface area contributed by atoms with Crippen molar-refractivity contribution < 1.29 is 39.9 Å². The number of carbonyl (C=O) groups excluding carboxylic acids is 3. The van der Waals surface area contributed by atoms with Gasteiger partial charge in [-0.05, 0) is 64.5 Å². The fourth-order valence-corrected chi connectivity index (χ4v) is 7.14. The van der Waals surface area contributed by atoms with Gasteiger partial charge in [0, 0.05) is 17.1 Å². The Morgan fingerprint density at radius 1 is 1.10 bits per heavy atom. The third kappa shape index (κ3) is 4.37. The molecule has 11 nitrogen and oxygen atoms in total. The molecule has 0 heterocycles. The minimum Gasteiger partial charge on any atom is -0.510 e. The Morgan fingerprint density at radius 3 is 2.24 bits per heavy atom. The number of fused-ring (bicyclic) bond motifs is 3. The number of phenolic OH excluding ortho intramolecular Hbond substituents is 1. The summed E-state index contributed by atoms with van der Waals surface area (Å²) >= 11 is 0. The monoisotopic (exact) mass is 571 g/mol. The van der Waals surface area contributed by atoms with E-state index >= 15 is 0 Å². The van der Waals surface area contributed by atoms with Crippen molar-refractivity contribution in [2.24, 2.45) is 17.6 Å². The van der Waals surface area contributed by atoms with Gasteiger partial charge in [0.2, 0.25) is 5.78 Å². The van der Waals surface area contributed by atoms with E-state index in [2.05, 4.69) is 4.90 Å². The van der Waals surface area contributed by atoms with Crippen LogP contribution in [0.25, 0.3) is 0 Å². The van der Waals surface area contributed by atoms with Crippen LogP contribution in [-0.2, 0) is 15.0 Å². The molecule has 0 radical (unpaired) electrons. The molecule has 224 valence electrons. The van der Waals surface area contributed by atoms with Crippen LogP contribution in [0.15, 0.2) is 34.8 Å². The number of aromatic hydroxyl groups is 1. The number of amides is 1. The fourth-order valence-electron chi connectivity index (χ4n) is 7.14. The third-order valence-electron chi connectivity index (χ3n) is 9.27. The molecule has 0 bridgehead atoms. The van der Waals surface area contributed by atoms with Crippen LogP contribution in [0.5, 0.6) is 5.75 Å². The van der Waals surface area contributed by atoms with Crippen LogP contribution in [-0.4, -0.2) is 105 Å². The van der Waals surface area contributed by atoms with Gasteiger partial charge in [-0.25, -0.2) is 0 Å². The summed E-state index contributed by atoms with van der Waals surface area (Å²) in [7, 11) is 6.95. The number of aliphatic hydroxyl groups excluding tert-OH is 3. The number of nitrogens with two attached hydrogens (primary N) is 1. The predicted molar refractivity (Wildman–Crippen MR) is 151 cm³/mol. The second kappa shape index (κ2) is 10.2. The van der Waals surface area contributed by atoms with Crippen LogP contribution in [0.1, 0.15) is 61.0 Å². The maximum Gasteiger partial charge on any atom is 0.255 e. The number of primary amides is 1. The second-order valence-corrected chi connectivity index (χ2v) is 12.8. The molecule has 3 aliphatic rings. The summed E-state index contributed by atoms with van der Waals surface area (Å²) in [4.78, 5) is 43.2. The Morgan fingerprint density at radius 2 is 1.71 bits per heavy atom. The molecule has 3 aliphatic carbocycles. The van der Waals surface area contributed by atoms with Crippen molar-refractivity contribution in [3.63, 3.8) is 0 Å². The van der Waals surface area contributed by atoms with Crippen LogP contribution in [0.4, 0.5) is 0 Å². The van der Waals surface area contributed by atoms with Crippen LogP contribution < -0.4 is 5.73 Å². The number of nitrogens with zero attached hydrogens (tertiary/aromatic N) is 2. The first kappa shape index (κ1) is 30.7. The van der Waals surface area contributed by atoms with E-state index in [1.54, 1.807) is 19.1 Å². The van der Waals surface area contributed by atoms with Gasteiger partial charge >= 0.3 is 0 Å². The normalized spacial score (nSPS) is 30.1. The zero-order chi connectivity index (χ0) is 30.9. The van der Waals surface area contributed by atoms with E-state index in [9.17, 15) is 39.9 Å². The largest absolute Gasteiger partial charge is 0.510 e. The van der Waals surface area contributed by atoms with Gasteiger partial charge in [0.1, 0.15) is 22.8 Å². The van der Waals surface area contributed by atoms with Crippen LogP contribution >= 0.6 is 0 Å². The molecule has 4 rings (SSSR count). The Balaban J connectivity index is 1.92. The molecule has 0 spiro atoms. The van der Waals surface area contributed by atoms with Gasteiger partial charge in [0.05, 0.1) is 23.6 Å². The quantitative estimate of drug-likeness (QED) is 0.260. The average Bonchev–Trinajstić information content (AvgIpc) is 2.85. The standard InChI is InChI=1S/C30H41N3O8/c1-13-14-9-10-15(29(2,3)11-8-12-32(4)5)22(34)17(14)23(35)18-16(13)24(36)20-21(33(6)7)25(37)19(28(31)40)27(39)30(20,41)26(18)38/h9-10,13,16,20-21,24,34,36-38,41H,8,11-12H2,1-7H3,(H2,31,40)/t13-,16+,20+,21-,24-,30+/m0/s1. The van der Waals surface area contributed by atoms with Gasteiger partial charge in [0.15, 0.2) is 11.4 Å². The summed E-state index contributed by atoms with van der Waals surface area (Å²) in [5, 5.41) is 57.5. The number of Topliss-reactive ketones (excluding diaryl/α,β-unsaturated/α-hetero) is 2. The van der Waals surface area contributed by atoms with E-state index in [-0.39, 0.29) is 11.3 Å². The molecule has 0 aromatic heterocycles. The Kier molecular flexibility index (Phi) is 7.66. The van der Waals surface area contributed by atoms with E-state index in [0.29, 0.717) is 17.5 Å². The topological polar surface area (TPSA) is 185 Å². The van der Waals surface area contributed by atoms with Crippen molar-refractivity contribution in [3.05, 3.63) is 51.5 Å². The van der Waals surface area contributed by atoms with Gasteiger partial charge < -0.3 is 36.2 Å². The first-order valence-corrected chi connectivity index (χ1v) is 13.7. The van der Waals surface area contributed by atoms with Gasteiger partial charge in [-0.2, -0.15) is 0 Å². The average molecular weight is 572 g/mol. The number of ketones is 2. The van der Waals surface area contributed by atoms with Gasteiger partial charge in [-0.3, -0.25) is 19.3 Å². The number of carbonyl (C=O) groups is 3. The maximum absolute atomic E-state index is 14.1. The highest BCUT2D eigenvalue weighted by Crippen LogP contribution is 2.56. The van der Waals surface area contributed by atoms with Crippen molar-refractivity contribution in [2.45, 2.75) is 62.7 Å². The van der Waals surface area contributed by atoms with Crippen molar-refractivity contribution in [1.82, 2.24) is 9.80 Å². The number of aliphatic hydroxyl groups is 4. The summed E-state index contributed by atoms with van der Waals surface area (Å²) in [6, 6.07) is 2.22.